The van der Waals surface area contributed by atoms with Gasteiger partial charge in [-0.25, -0.2) is 0 Å². The zero-order chi connectivity index (χ0) is 16.3. The molecule has 0 bridgehead atoms. The number of fused-ring (bicyclic) bond motifs is 1. The molecule has 22 heavy (non-hydrogen) atoms. The quantitative estimate of drug-likeness (QED) is 0.818. The number of amides is 3. The lowest BCUT2D eigenvalue weighted by Gasteiger charge is -2.16. The fraction of sp³-hybridized carbons (Fsp3) is 0.438. The van der Waals surface area contributed by atoms with Crippen LogP contribution in [-0.4, -0.2) is 35.7 Å². The molecular formula is C16H19ClN2O3. The Kier molecular flexibility index (Phi) is 5.19. The van der Waals surface area contributed by atoms with E-state index < -0.39 is 0 Å². The van der Waals surface area contributed by atoms with E-state index in [1.807, 2.05) is 13.8 Å². The molecule has 118 valence electrons. The van der Waals surface area contributed by atoms with E-state index in [4.69, 9.17) is 11.6 Å². The van der Waals surface area contributed by atoms with E-state index in [0.717, 1.165) is 17.7 Å². The van der Waals surface area contributed by atoms with Crippen molar-refractivity contribution >= 4 is 29.3 Å². The van der Waals surface area contributed by atoms with E-state index in [-0.39, 0.29) is 36.7 Å². The van der Waals surface area contributed by atoms with Crippen molar-refractivity contribution in [3.63, 3.8) is 0 Å². The van der Waals surface area contributed by atoms with Crippen LogP contribution in [0.25, 0.3) is 0 Å². The number of nitrogens with one attached hydrogen (secondary N) is 1. The monoisotopic (exact) mass is 322 g/mol. The summed E-state index contributed by atoms with van der Waals surface area (Å²) in [7, 11) is 0. The molecule has 0 unspecified atom stereocenters. The van der Waals surface area contributed by atoms with Gasteiger partial charge in [0.1, 0.15) is 0 Å². The summed E-state index contributed by atoms with van der Waals surface area (Å²) in [5, 5.41) is 3.20. The number of rotatable bonds is 6. The van der Waals surface area contributed by atoms with Gasteiger partial charge in [-0.3, -0.25) is 19.3 Å². The Hall–Kier alpha value is -1.88. The molecule has 0 radical (unpaired) electrons. The highest BCUT2D eigenvalue weighted by atomic mass is 35.5. The van der Waals surface area contributed by atoms with Gasteiger partial charge in [-0.15, -0.1) is 0 Å². The van der Waals surface area contributed by atoms with Crippen LogP contribution in [0.2, 0.25) is 5.02 Å². The Balaban J connectivity index is 1.97. The highest BCUT2D eigenvalue weighted by molar-refractivity contribution is 6.32. The summed E-state index contributed by atoms with van der Waals surface area (Å²) in [5.74, 6) is -0.765. The Morgan fingerprint density at radius 1 is 1.18 bits per heavy atom. The molecule has 0 spiro atoms. The molecule has 0 aliphatic carbocycles. The molecule has 1 aromatic carbocycles. The molecule has 1 heterocycles. The van der Waals surface area contributed by atoms with Gasteiger partial charge in [0.15, 0.2) is 0 Å². The van der Waals surface area contributed by atoms with E-state index in [0.29, 0.717) is 16.1 Å². The zero-order valence-electron chi connectivity index (χ0n) is 12.7. The fourth-order valence-electron chi connectivity index (χ4n) is 2.56. The molecule has 0 saturated heterocycles. The van der Waals surface area contributed by atoms with Gasteiger partial charge in [-0.2, -0.15) is 0 Å². The topological polar surface area (TPSA) is 66.5 Å². The van der Waals surface area contributed by atoms with Crippen molar-refractivity contribution in [3.8, 4) is 0 Å². The standard InChI is InChI=1S/C16H19ClN2O3/c1-3-10(4-2)14(20)18-7-8-19-15(21)12-6-5-11(17)9-13(12)16(19)22/h5-6,9-10H,3-4,7-8H2,1-2H3,(H,18,20). The minimum atomic E-state index is -0.362. The minimum Gasteiger partial charge on any atom is -0.354 e. The van der Waals surface area contributed by atoms with Crippen LogP contribution in [0.15, 0.2) is 18.2 Å². The minimum absolute atomic E-state index is 0.0269. The van der Waals surface area contributed by atoms with E-state index in [2.05, 4.69) is 5.32 Å². The summed E-state index contributed by atoms with van der Waals surface area (Å²) in [4.78, 5) is 37.4. The molecule has 5 nitrogen and oxygen atoms in total. The molecule has 0 atom stereocenters. The molecule has 6 heteroatoms. The predicted octanol–water partition coefficient (Wildman–Crippen LogP) is 2.49. The van der Waals surface area contributed by atoms with Crippen molar-refractivity contribution in [2.24, 2.45) is 5.92 Å². The molecular weight excluding hydrogens is 304 g/mol. The molecule has 0 aromatic heterocycles. The number of benzene rings is 1. The second kappa shape index (κ2) is 6.92. The summed E-state index contributed by atoms with van der Waals surface area (Å²) in [6, 6.07) is 4.64. The lowest BCUT2D eigenvalue weighted by molar-refractivity contribution is -0.125. The van der Waals surface area contributed by atoms with E-state index in [9.17, 15) is 14.4 Å². The number of halogens is 1. The van der Waals surface area contributed by atoms with Crippen LogP contribution in [0.1, 0.15) is 47.4 Å². The Bertz CT molecular complexity index is 611. The van der Waals surface area contributed by atoms with Gasteiger partial charge in [-0.05, 0) is 31.0 Å². The Labute approximate surface area is 134 Å². The molecule has 3 amide bonds. The molecule has 0 fully saturated rings. The largest absolute Gasteiger partial charge is 0.354 e. The van der Waals surface area contributed by atoms with Crippen molar-refractivity contribution in [2.45, 2.75) is 26.7 Å². The maximum absolute atomic E-state index is 12.2. The van der Waals surface area contributed by atoms with Gasteiger partial charge < -0.3 is 5.32 Å². The molecule has 2 rings (SSSR count). The molecule has 1 aliphatic rings. The number of imide groups is 1. The highest BCUT2D eigenvalue weighted by Crippen LogP contribution is 2.25. The number of hydrogen-bond donors (Lipinski definition) is 1. The maximum Gasteiger partial charge on any atom is 0.261 e. The van der Waals surface area contributed by atoms with E-state index in [1.54, 1.807) is 12.1 Å². The normalized spacial score (nSPS) is 13.7. The van der Waals surface area contributed by atoms with Crippen molar-refractivity contribution in [2.75, 3.05) is 13.1 Å². The van der Waals surface area contributed by atoms with Gasteiger partial charge in [0.25, 0.3) is 11.8 Å². The van der Waals surface area contributed by atoms with Crippen molar-refractivity contribution in [1.29, 1.82) is 0 Å². The molecule has 1 aliphatic heterocycles. The third-order valence-electron chi connectivity index (χ3n) is 3.92. The maximum atomic E-state index is 12.2. The number of carbonyl (C=O) groups excluding carboxylic acids is 3. The van der Waals surface area contributed by atoms with Crippen LogP contribution in [-0.2, 0) is 4.79 Å². The lowest BCUT2D eigenvalue weighted by Crippen LogP contribution is -2.39. The molecule has 1 aromatic rings. The van der Waals surface area contributed by atoms with Crippen molar-refractivity contribution in [3.05, 3.63) is 34.3 Å². The first-order valence-corrected chi connectivity index (χ1v) is 7.80. The fourth-order valence-corrected chi connectivity index (χ4v) is 2.73. The summed E-state index contributed by atoms with van der Waals surface area (Å²) in [6.45, 7) is 4.34. The Morgan fingerprint density at radius 2 is 1.82 bits per heavy atom. The van der Waals surface area contributed by atoms with Crippen molar-refractivity contribution in [1.82, 2.24) is 10.2 Å². The van der Waals surface area contributed by atoms with Gasteiger partial charge in [0.05, 0.1) is 11.1 Å². The van der Waals surface area contributed by atoms with Gasteiger partial charge >= 0.3 is 0 Å². The smallest absolute Gasteiger partial charge is 0.261 e. The first kappa shape index (κ1) is 16.5. The SMILES string of the molecule is CCC(CC)C(=O)NCCN1C(=O)c2ccc(Cl)cc2C1=O. The van der Waals surface area contributed by atoms with E-state index >= 15 is 0 Å². The summed E-state index contributed by atoms with van der Waals surface area (Å²) >= 11 is 5.86. The second-order valence-corrected chi connectivity index (χ2v) is 5.69. The summed E-state index contributed by atoms with van der Waals surface area (Å²) in [5.41, 5.74) is 0.685. The van der Waals surface area contributed by atoms with E-state index in [1.165, 1.54) is 6.07 Å². The van der Waals surface area contributed by atoms with Crippen LogP contribution in [0.5, 0.6) is 0 Å². The summed E-state index contributed by atoms with van der Waals surface area (Å²) in [6.07, 6.45) is 1.54. The highest BCUT2D eigenvalue weighted by Gasteiger charge is 2.35. The average molecular weight is 323 g/mol. The zero-order valence-corrected chi connectivity index (χ0v) is 13.4. The predicted molar refractivity (Wildman–Crippen MR) is 83.9 cm³/mol. The third-order valence-corrected chi connectivity index (χ3v) is 4.16. The molecule has 1 N–H and O–H groups in total. The second-order valence-electron chi connectivity index (χ2n) is 5.26. The summed E-state index contributed by atoms with van der Waals surface area (Å²) < 4.78 is 0. The third kappa shape index (κ3) is 3.14. The van der Waals surface area contributed by atoms with Gasteiger partial charge in [-0.1, -0.05) is 25.4 Å². The van der Waals surface area contributed by atoms with Crippen LogP contribution in [0, 0.1) is 5.92 Å². The average Bonchev–Trinajstić information content (AvgIpc) is 2.73. The first-order valence-electron chi connectivity index (χ1n) is 7.43. The van der Waals surface area contributed by atoms with Crippen LogP contribution in [0.3, 0.4) is 0 Å². The lowest BCUT2D eigenvalue weighted by atomic mass is 10.0. The number of nitrogens with zero attached hydrogens (tertiary/aromatic N) is 1. The number of carbonyl (C=O) groups is 3. The molecule has 0 saturated carbocycles. The van der Waals surface area contributed by atoms with Gasteiger partial charge in [0.2, 0.25) is 5.91 Å². The number of hydrogen-bond acceptors (Lipinski definition) is 3. The van der Waals surface area contributed by atoms with Crippen molar-refractivity contribution < 1.29 is 14.4 Å². The van der Waals surface area contributed by atoms with Crippen LogP contribution < -0.4 is 5.32 Å². The van der Waals surface area contributed by atoms with Crippen LogP contribution in [0.4, 0.5) is 0 Å². The first-order chi connectivity index (χ1) is 10.5. The van der Waals surface area contributed by atoms with Gasteiger partial charge in [0, 0.05) is 24.0 Å². The Morgan fingerprint density at radius 3 is 2.45 bits per heavy atom. The van der Waals surface area contributed by atoms with Crippen LogP contribution >= 0.6 is 11.6 Å².